The number of amides is 2. The smallest absolute Gasteiger partial charge is 0.320 e. The maximum atomic E-state index is 13.9. The number of hydrogen-bond acceptors (Lipinski definition) is 7. The summed E-state index contributed by atoms with van der Waals surface area (Å²) >= 11 is 25.0. The second-order valence-electron chi connectivity index (χ2n) is 13.5. The Balaban J connectivity index is 1.23. The first kappa shape index (κ1) is 39.9. The third-order valence-electron chi connectivity index (χ3n) is 9.98. The maximum absolute atomic E-state index is 13.9. The number of Topliss-reactive ketones (excluding diaryl/α,β-unsaturated/α-hetero) is 2. The van der Waals surface area contributed by atoms with Crippen molar-refractivity contribution < 1.29 is 24.3 Å². The first-order valence-corrected chi connectivity index (χ1v) is 19.1. The monoisotopic (exact) mass is 788 g/mol. The molecule has 0 spiro atoms. The Kier molecular flexibility index (Phi) is 14.3. The number of hydrogen-bond donors (Lipinski definition) is 1. The zero-order valence-corrected chi connectivity index (χ0v) is 32.4. The normalized spacial score (nSPS) is 17.3. The molecule has 2 unspecified atom stereocenters. The highest BCUT2D eigenvalue weighted by Gasteiger charge is 2.37. The molecule has 2 heterocycles. The van der Waals surface area contributed by atoms with Crippen molar-refractivity contribution in [3.05, 3.63) is 97.4 Å². The van der Waals surface area contributed by atoms with E-state index >= 15 is 0 Å². The van der Waals surface area contributed by atoms with Gasteiger partial charge in [-0.05, 0) is 99.2 Å². The highest BCUT2D eigenvalue weighted by molar-refractivity contribution is 6.42. The van der Waals surface area contributed by atoms with E-state index in [9.17, 15) is 19.5 Å². The van der Waals surface area contributed by atoms with Crippen LogP contribution in [0.1, 0.15) is 72.9 Å². The Morgan fingerprint density at radius 2 is 1.60 bits per heavy atom. The molecule has 0 saturated carbocycles. The van der Waals surface area contributed by atoms with Crippen LogP contribution in [0, 0.1) is 0 Å². The molecule has 52 heavy (non-hydrogen) atoms. The van der Waals surface area contributed by atoms with E-state index in [4.69, 9.17) is 51.2 Å². The van der Waals surface area contributed by atoms with Gasteiger partial charge in [-0.1, -0.05) is 69.8 Å². The van der Waals surface area contributed by atoms with Crippen LogP contribution in [-0.4, -0.2) is 95.0 Å². The summed E-state index contributed by atoms with van der Waals surface area (Å²) in [6.45, 7) is 5.10. The highest BCUT2D eigenvalue weighted by atomic mass is 35.5. The summed E-state index contributed by atoms with van der Waals surface area (Å²) in [5, 5.41) is 15.7. The number of nitrogens with zero attached hydrogens (tertiary/aromatic N) is 4. The van der Waals surface area contributed by atoms with Crippen molar-refractivity contribution in [1.82, 2.24) is 14.7 Å². The predicted molar refractivity (Wildman–Crippen MR) is 207 cm³/mol. The largest absolute Gasteiger partial charge is 0.508 e. The lowest BCUT2D eigenvalue weighted by Gasteiger charge is -2.45. The number of phenols is 1. The Morgan fingerprint density at radius 1 is 0.904 bits per heavy atom. The summed E-state index contributed by atoms with van der Waals surface area (Å²) in [6.07, 6.45) is 4.06. The molecule has 9 nitrogen and oxygen atoms in total. The molecule has 1 N–H and O–H groups in total. The van der Waals surface area contributed by atoms with Crippen LogP contribution in [-0.2, 0) is 16.1 Å². The van der Waals surface area contributed by atoms with Gasteiger partial charge < -0.3 is 24.6 Å². The third-order valence-corrected chi connectivity index (χ3v) is 11.2. The molecule has 0 bridgehead atoms. The Morgan fingerprint density at radius 3 is 2.23 bits per heavy atom. The molecule has 3 aromatic rings. The minimum Gasteiger partial charge on any atom is -0.508 e. The lowest BCUT2D eigenvalue weighted by molar-refractivity contribution is -0.121. The topological polar surface area (TPSA) is 103 Å². The van der Waals surface area contributed by atoms with E-state index in [1.807, 2.05) is 17.0 Å². The second kappa shape index (κ2) is 18.6. The molecule has 278 valence electrons. The van der Waals surface area contributed by atoms with Gasteiger partial charge in [0.25, 0.3) is 0 Å². The van der Waals surface area contributed by atoms with E-state index in [1.54, 1.807) is 53.4 Å². The fraction of sp³-hybridized carbons (Fsp3) is 0.436. The summed E-state index contributed by atoms with van der Waals surface area (Å²) in [7, 11) is 1.49. The Labute approximate surface area is 325 Å². The van der Waals surface area contributed by atoms with Crippen LogP contribution in [0.25, 0.3) is 0 Å². The quantitative estimate of drug-likeness (QED) is 0.0938. The van der Waals surface area contributed by atoms with Crippen LogP contribution in [0.3, 0.4) is 0 Å². The van der Waals surface area contributed by atoms with Crippen molar-refractivity contribution in [2.75, 3.05) is 39.8 Å². The van der Waals surface area contributed by atoms with Crippen LogP contribution in [0.4, 0.5) is 4.79 Å². The molecule has 0 aliphatic carbocycles. The highest BCUT2D eigenvalue weighted by Crippen LogP contribution is 2.32. The number of halogens is 4. The van der Waals surface area contributed by atoms with Crippen molar-refractivity contribution in [2.45, 2.75) is 69.9 Å². The summed E-state index contributed by atoms with van der Waals surface area (Å²) < 4.78 is 0. The number of piperidine rings is 1. The minimum absolute atomic E-state index is 0.0516. The fourth-order valence-corrected chi connectivity index (χ4v) is 8.08. The molecule has 0 aromatic heterocycles. The van der Waals surface area contributed by atoms with Crippen LogP contribution in [0.5, 0.6) is 5.75 Å². The molecule has 2 aliphatic rings. The SMILES string of the molecule is CO/N=C(/CCC(=O)c1cc(Cl)cc(Cl)c1)C(CCN1CCC(N2CCCN(C(Cc3ccc(O)cc3)C(C)=O)C2=O)CC1)c1ccc(Cl)c(Cl)c1. The molecule has 3 aromatic carbocycles. The first-order valence-electron chi connectivity index (χ1n) is 17.6. The van der Waals surface area contributed by atoms with Crippen molar-refractivity contribution in [2.24, 2.45) is 5.16 Å². The lowest BCUT2D eigenvalue weighted by atomic mass is 9.87. The van der Waals surface area contributed by atoms with Gasteiger partial charge in [-0.15, -0.1) is 0 Å². The Hall–Kier alpha value is -3.34. The number of aromatic hydroxyl groups is 1. The van der Waals surface area contributed by atoms with E-state index in [2.05, 4.69) is 10.1 Å². The van der Waals surface area contributed by atoms with Crippen LogP contribution in [0.15, 0.2) is 65.8 Å². The van der Waals surface area contributed by atoms with Gasteiger partial charge in [0.15, 0.2) is 11.6 Å². The fourth-order valence-electron chi connectivity index (χ4n) is 7.25. The van der Waals surface area contributed by atoms with Crippen LogP contribution in [0.2, 0.25) is 20.1 Å². The summed E-state index contributed by atoms with van der Waals surface area (Å²) in [6, 6.07) is 16.6. The average molecular weight is 791 g/mol. The molecule has 2 amide bonds. The number of rotatable bonds is 15. The summed E-state index contributed by atoms with van der Waals surface area (Å²) in [5.41, 5.74) is 2.97. The standard InChI is InChI=1S/C39H44Cl4N4O5/c1-25(48)37(20-26-4-7-32(49)8-5-26)47-16-3-15-46(39(47)51)31-12-17-45(18-13-31)19-14-33(27-6-9-34(42)35(43)23-27)36(44-52-2)10-11-38(50)28-21-29(40)24-30(41)22-28/h4-9,21-24,31,33,37,49H,3,10-20H2,1-2H3/b44-36-. The Bertz CT molecular complexity index is 1740. The van der Waals surface area contributed by atoms with E-state index < -0.39 is 6.04 Å². The molecular formula is C39H44Cl4N4O5. The minimum atomic E-state index is -0.556. The number of benzene rings is 3. The third kappa shape index (κ3) is 10.4. The molecule has 2 aliphatic heterocycles. The number of likely N-dealkylation sites (tertiary alicyclic amines) is 1. The van der Waals surface area contributed by atoms with E-state index in [0.29, 0.717) is 63.7 Å². The van der Waals surface area contributed by atoms with Gasteiger partial charge in [0, 0.05) is 66.6 Å². The van der Waals surface area contributed by atoms with E-state index in [1.165, 1.54) is 14.0 Å². The van der Waals surface area contributed by atoms with Crippen LogP contribution < -0.4 is 0 Å². The van der Waals surface area contributed by atoms with Gasteiger partial charge in [0.2, 0.25) is 0 Å². The first-order chi connectivity index (χ1) is 24.9. The number of carbonyl (C=O) groups is 3. The zero-order valence-electron chi connectivity index (χ0n) is 29.4. The van der Waals surface area contributed by atoms with Crippen molar-refractivity contribution in [1.29, 1.82) is 0 Å². The predicted octanol–water partition coefficient (Wildman–Crippen LogP) is 8.94. The molecule has 2 fully saturated rings. The van der Waals surface area contributed by atoms with Crippen molar-refractivity contribution in [3.8, 4) is 5.75 Å². The number of phenolic OH excluding ortho intramolecular Hbond substituents is 1. The van der Waals surface area contributed by atoms with Gasteiger partial charge in [0.1, 0.15) is 12.9 Å². The van der Waals surface area contributed by atoms with Gasteiger partial charge in [-0.2, -0.15) is 0 Å². The van der Waals surface area contributed by atoms with Gasteiger partial charge >= 0.3 is 6.03 Å². The van der Waals surface area contributed by atoms with E-state index in [-0.39, 0.29) is 41.7 Å². The van der Waals surface area contributed by atoms with Crippen molar-refractivity contribution in [3.63, 3.8) is 0 Å². The van der Waals surface area contributed by atoms with Gasteiger partial charge in [0.05, 0.1) is 21.8 Å². The van der Waals surface area contributed by atoms with Gasteiger partial charge in [-0.25, -0.2) is 4.79 Å². The number of urea groups is 1. The average Bonchev–Trinajstić information content (AvgIpc) is 3.11. The van der Waals surface area contributed by atoms with E-state index in [0.717, 1.165) is 50.0 Å². The number of oxime groups is 1. The zero-order chi connectivity index (χ0) is 37.4. The second-order valence-corrected chi connectivity index (χ2v) is 15.1. The molecule has 2 atom stereocenters. The van der Waals surface area contributed by atoms with Crippen LogP contribution >= 0.6 is 46.4 Å². The molecular weight excluding hydrogens is 746 g/mol. The molecule has 5 rings (SSSR count). The number of ketones is 2. The lowest BCUT2D eigenvalue weighted by Crippen LogP contribution is -2.59. The molecule has 0 radical (unpaired) electrons. The van der Waals surface area contributed by atoms with Gasteiger partial charge in [-0.3, -0.25) is 9.59 Å². The molecule has 13 heteroatoms. The molecule has 2 saturated heterocycles. The number of carbonyl (C=O) groups excluding carboxylic acids is 3. The summed E-state index contributed by atoms with van der Waals surface area (Å²) in [5.74, 6) is -0.193. The van der Waals surface area contributed by atoms with Crippen molar-refractivity contribution >= 4 is 69.7 Å². The maximum Gasteiger partial charge on any atom is 0.320 e. The summed E-state index contributed by atoms with van der Waals surface area (Å²) in [4.78, 5) is 51.2.